The van der Waals surface area contributed by atoms with E-state index >= 15 is 0 Å². The minimum atomic E-state index is 0.111. The molecule has 1 aromatic heterocycles. The van der Waals surface area contributed by atoms with Crippen LogP contribution in [0.25, 0.3) is 0 Å². The van der Waals surface area contributed by atoms with Gasteiger partial charge in [0.05, 0.1) is 12.9 Å². The maximum atomic E-state index is 6.07. The van der Waals surface area contributed by atoms with Crippen molar-refractivity contribution in [1.82, 2.24) is 0 Å². The van der Waals surface area contributed by atoms with E-state index in [0.717, 1.165) is 12.4 Å². The molecule has 0 saturated carbocycles. The molecule has 5 atom stereocenters. The summed E-state index contributed by atoms with van der Waals surface area (Å²) in [6, 6.07) is 3.98. The van der Waals surface area contributed by atoms with Crippen molar-refractivity contribution in [2.45, 2.75) is 26.9 Å². The minimum Gasteiger partial charge on any atom is -0.467 e. The van der Waals surface area contributed by atoms with E-state index in [1.54, 1.807) is 6.26 Å². The normalized spacial score (nSPS) is 41.1. The fraction of sp³-hybridized carbons (Fsp3) is 0.600. The Bertz CT molecular complexity index is 418. The highest BCUT2D eigenvalue weighted by Crippen LogP contribution is 2.49. The van der Waals surface area contributed by atoms with E-state index in [1.807, 2.05) is 12.1 Å². The van der Waals surface area contributed by atoms with E-state index in [0.29, 0.717) is 23.7 Å². The Labute approximate surface area is 103 Å². The predicted molar refractivity (Wildman–Crippen MR) is 66.5 cm³/mol. The highest BCUT2D eigenvalue weighted by Gasteiger charge is 2.44. The highest BCUT2D eigenvalue weighted by molar-refractivity contribution is 5.20. The summed E-state index contributed by atoms with van der Waals surface area (Å²) >= 11 is 0. The molecule has 2 aliphatic rings. The lowest BCUT2D eigenvalue weighted by Crippen LogP contribution is -2.42. The topological polar surface area (TPSA) is 22.4 Å². The molecule has 2 bridgehead atoms. The third-order valence-electron chi connectivity index (χ3n) is 4.59. The van der Waals surface area contributed by atoms with Gasteiger partial charge in [-0.15, -0.1) is 0 Å². The van der Waals surface area contributed by atoms with Gasteiger partial charge in [-0.2, -0.15) is 0 Å². The van der Waals surface area contributed by atoms with Crippen molar-refractivity contribution in [2.75, 3.05) is 6.61 Å². The van der Waals surface area contributed by atoms with Crippen molar-refractivity contribution in [3.05, 3.63) is 35.8 Å². The van der Waals surface area contributed by atoms with Crippen LogP contribution in [0, 0.1) is 23.7 Å². The van der Waals surface area contributed by atoms with Gasteiger partial charge in [0.25, 0.3) is 0 Å². The monoisotopic (exact) mass is 232 g/mol. The number of hydrogen-bond donors (Lipinski definition) is 0. The number of hydrogen-bond acceptors (Lipinski definition) is 2. The minimum absolute atomic E-state index is 0.111. The van der Waals surface area contributed by atoms with Crippen LogP contribution in [0.5, 0.6) is 0 Å². The van der Waals surface area contributed by atoms with Crippen molar-refractivity contribution < 1.29 is 9.15 Å². The summed E-state index contributed by atoms with van der Waals surface area (Å²) in [4.78, 5) is 0. The zero-order chi connectivity index (χ0) is 12.0. The second kappa shape index (κ2) is 4.02. The van der Waals surface area contributed by atoms with Crippen LogP contribution in [0.4, 0.5) is 0 Å². The van der Waals surface area contributed by atoms with Crippen LogP contribution in [0.1, 0.15) is 32.6 Å². The van der Waals surface area contributed by atoms with Crippen LogP contribution in [-0.2, 0) is 4.74 Å². The number of rotatable bonds is 1. The summed E-state index contributed by atoms with van der Waals surface area (Å²) in [5.74, 6) is 3.44. The van der Waals surface area contributed by atoms with Crippen LogP contribution >= 0.6 is 0 Å². The Morgan fingerprint density at radius 1 is 1.29 bits per heavy atom. The Balaban J connectivity index is 1.97. The van der Waals surface area contributed by atoms with E-state index in [2.05, 4.69) is 26.8 Å². The van der Waals surface area contributed by atoms with Crippen molar-refractivity contribution >= 4 is 0 Å². The van der Waals surface area contributed by atoms with E-state index in [4.69, 9.17) is 9.15 Å². The SMILES string of the molecule is CC1=C[C@H](C)[C@H]2CO[C@H](c3ccco3)[C@@H]1[C@@H]2C. The van der Waals surface area contributed by atoms with Crippen LogP contribution < -0.4 is 0 Å². The first-order valence-corrected chi connectivity index (χ1v) is 6.52. The summed E-state index contributed by atoms with van der Waals surface area (Å²) in [5.41, 5.74) is 1.46. The van der Waals surface area contributed by atoms with E-state index < -0.39 is 0 Å². The molecule has 2 heteroatoms. The average Bonchev–Trinajstić information content (AvgIpc) is 2.78. The standard InChI is InChI=1S/C15H20O2/c1-9-7-10(2)14-11(3)12(9)8-17-15(14)13-5-4-6-16-13/h4-7,9,11-12,14-15H,8H2,1-3H3/t9-,11+,12+,14-,15+/m0/s1. The van der Waals surface area contributed by atoms with Crippen LogP contribution in [-0.4, -0.2) is 6.61 Å². The van der Waals surface area contributed by atoms with Crippen molar-refractivity contribution in [1.29, 1.82) is 0 Å². The van der Waals surface area contributed by atoms with Crippen molar-refractivity contribution in [3.8, 4) is 0 Å². The van der Waals surface area contributed by atoms with Gasteiger partial charge in [-0.3, -0.25) is 0 Å². The molecular formula is C15H20O2. The van der Waals surface area contributed by atoms with E-state index in [9.17, 15) is 0 Å². The molecule has 2 heterocycles. The second-order valence-corrected chi connectivity index (χ2v) is 5.59. The summed E-state index contributed by atoms with van der Waals surface area (Å²) < 4.78 is 11.6. The molecule has 0 unspecified atom stereocenters. The maximum Gasteiger partial charge on any atom is 0.133 e. The van der Waals surface area contributed by atoms with E-state index in [-0.39, 0.29) is 6.10 Å². The number of furan rings is 1. The zero-order valence-corrected chi connectivity index (χ0v) is 10.7. The number of fused-ring (bicyclic) bond motifs is 2. The Kier molecular flexibility index (Phi) is 2.62. The van der Waals surface area contributed by atoms with Gasteiger partial charge in [-0.05, 0) is 36.8 Å². The molecule has 0 amide bonds. The van der Waals surface area contributed by atoms with Crippen LogP contribution in [0.2, 0.25) is 0 Å². The average molecular weight is 232 g/mol. The molecule has 1 aliphatic heterocycles. The van der Waals surface area contributed by atoms with Crippen LogP contribution in [0.3, 0.4) is 0 Å². The molecule has 1 fully saturated rings. The first-order chi connectivity index (χ1) is 8.18. The molecule has 1 aromatic rings. The number of allylic oxidation sites excluding steroid dienone is 1. The van der Waals surface area contributed by atoms with Gasteiger partial charge in [0, 0.05) is 5.92 Å². The van der Waals surface area contributed by atoms with Gasteiger partial charge in [0.15, 0.2) is 0 Å². The molecule has 1 saturated heterocycles. The van der Waals surface area contributed by atoms with Gasteiger partial charge in [-0.25, -0.2) is 0 Å². The lowest BCUT2D eigenvalue weighted by atomic mass is 9.65. The predicted octanol–water partition coefficient (Wildman–Crippen LogP) is 3.82. The van der Waals surface area contributed by atoms with Gasteiger partial charge in [0.1, 0.15) is 11.9 Å². The highest BCUT2D eigenvalue weighted by atomic mass is 16.5. The quantitative estimate of drug-likeness (QED) is 0.687. The summed E-state index contributed by atoms with van der Waals surface area (Å²) in [6.07, 6.45) is 4.27. The summed E-state index contributed by atoms with van der Waals surface area (Å²) in [5, 5.41) is 0. The molecule has 0 aromatic carbocycles. The summed E-state index contributed by atoms with van der Waals surface area (Å²) in [6.45, 7) is 7.75. The molecule has 92 valence electrons. The van der Waals surface area contributed by atoms with Crippen molar-refractivity contribution in [2.24, 2.45) is 23.7 Å². The van der Waals surface area contributed by atoms with Crippen LogP contribution in [0.15, 0.2) is 34.5 Å². The lowest BCUT2D eigenvalue weighted by Gasteiger charge is -2.46. The molecule has 0 N–H and O–H groups in total. The fourth-order valence-corrected chi connectivity index (χ4v) is 3.66. The Morgan fingerprint density at radius 2 is 2.12 bits per heavy atom. The lowest BCUT2D eigenvalue weighted by molar-refractivity contribution is -0.101. The molecular weight excluding hydrogens is 212 g/mol. The van der Waals surface area contributed by atoms with E-state index in [1.165, 1.54) is 5.57 Å². The van der Waals surface area contributed by atoms with Crippen molar-refractivity contribution in [3.63, 3.8) is 0 Å². The molecule has 0 spiro atoms. The molecule has 3 rings (SSSR count). The fourth-order valence-electron chi connectivity index (χ4n) is 3.66. The molecule has 0 radical (unpaired) electrons. The maximum absolute atomic E-state index is 6.07. The Morgan fingerprint density at radius 3 is 2.82 bits per heavy atom. The smallest absolute Gasteiger partial charge is 0.133 e. The first kappa shape index (κ1) is 11.1. The van der Waals surface area contributed by atoms with Gasteiger partial charge >= 0.3 is 0 Å². The zero-order valence-electron chi connectivity index (χ0n) is 10.7. The molecule has 1 aliphatic carbocycles. The van der Waals surface area contributed by atoms with Gasteiger partial charge in [0.2, 0.25) is 0 Å². The second-order valence-electron chi connectivity index (χ2n) is 5.59. The van der Waals surface area contributed by atoms with Gasteiger partial charge in [-0.1, -0.05) is 25.5 Å². The Hall–Kier alpha value is -1.02. The molecule has 17 heavy (non-hydrogen) atoms. The summed E-state index contributed by atoms with van der Waals surface area (Å²) in [7, 11) is 0. The number of ether oxygens (including phenoxy) is 1. The third kappa shape index (κ3) is 1.66. The largest absolute Gasteiger partial charge is 0.467 e. The molecule has 2 nitrogen and oxygen atoms in total. The van der Waals surface area contributed by atoms with Gasteiger partial charge < -0.3 is 9.15 Å². The third-order valence-corrected chi connectivity index (χ3v) is 4.59. The first-order valence-electron chi connectivity index (χ1n) is 6.52.